The van der Waals surface area contributed by atoms with Crippen molar-refractivity contribution in [1.29, 1.82) is 0 Å². The first kappa shape index (κ1) is 13.8. The van der Waals surface area contributed by atoms with Crippen LogP contribution in [0.4, 0.5) is 11.6 Å². The number of fused-ring (bicyclic) bond motifs is 1. The van der Waals surface area contributed by atoms with Crippen molar-refractivity contribution in [3.8, 4) is 11.5 Å². The molecule has 0 radical (unpaired) electrons. The molecule has 0 aliphatic carbocycles. The molecular formula is C15H10N8O. The van der Waals surface area contributed by atoms with Gasteiger partial charge in [0.2, 0.25) is 0 Å². The smallest absolute Gasteiger partial charge is 0.269 e. The third-order valence-electron chi connectivity index (χ3n) is 3.49. The number of hydrogen-bond acceptors (Lipinski definition) is 7. The second kappa shape index (κ2) is 5.44. The Balaban J connectivity index is 1.86. The van der Waals surface area contributed by atoms with Crippen LogP contribution in [0, 0.1) is 6.57 Å². The zero-order valence-corrected chi connectivity index (χ0v) is 12.3. The van der Waals surface area contributed by atoms with E-state index in [-0.39, 0.29) is 5.82 Å². The Morgan fingerprint density at radius 1 is 1.21 bits per heavy atom. The van der Waals surface area contributed by atoms with E-state index in [0.717, 1.165) is 5.56 Å². The fourth-order valence-electron chi connectivity index (χ4n) is 2.40. The number of aromatic nitrogens is 6. The number of hydrogen-bond donors (Lipinski definition) is 1. The van der Waals surface area contributed by atoms with Crippen LogP contribution < -0.4 is 5.73 Å². The quantitative estimate of drug-likeness (QED) is 0.575. The lowest BCUT2D eigenvalue weighted by molar-refractivity contribution is 0.310. The fraction of sp³-hybridized carbons (Fsp3) is 0.0667. The molecule has 0 unspecified atom stereocenters. The highest BCUT2D eigenvalue weighted by Gasteiger charge is 2.20. The van der Waals surface area contributed by atoms with E-state index in [1.807, 2.05) is 16.7 Å². The summed E-state index contributed by atoms with van der Waals surface area (Å²) in [7, 11) is 0. The number of nitrogens with zero attached hydrogens (tertiary/aromatic N) is 7. The molecule has 0 saturated carbocycles. The number of imidazole rings is 1. The van der Waals surface area contributed by atoms with E-state index >= 15 is 0 Å². The standard InChI is InChI=1S/C15H10N8O/c1-17-11-5-4-9(7-19-11)8-23-14-10(3-2-6-18-14)20-15(23)12-13(16)22-24-21-12/h2-7H,8H2,(H2,16,22). The third-order valence-corrected chi connectivity index (χ3v) is 3.49. The second-order valence-corrected chi connectivity index (χ2v) is 5.00. The molecule has 9 nitrogen and oxygen atoms in total. The molecule has 4 heterocycles. The monoisotopic (exact) mass is 318 g/mol. The lowest BCUT2D eigenvalue weighted by Crippen LogP contribution is -2.04. The highest BCUT2D eigenvalue weighted by molar-refractivity contribution is 5.78. The van der Waals surface area contributed by atoms with Crippen LogP contribution in [0.2, 0.25) is 0 Å². The van der Waals surface area contributed by atoms with Crippen molar-refractivity contribution >= 4 is 22.8 Å². The van der Waals surface area contributed by atoms with Gasteiger partial charge in [-0.25, -0.2) is 14.6 Å². The van der Waals surface area contributed by atoms with Crippen molar-refractivity contribution in [3.63, 3.8) is 0 Å². The van der Waals surface area contributed by atoms with Crippen LogP contribution in [0.5, 0.6) is 0 Å². The van der Waals surface area contributed by atoms with Crippen molar-refractivity contribution in [3.05, 3.63) is 53.6 Å². The summed E-state index contributed by atoms with van der Waals surface area (Å²) in [4.78, 5) is 16.3. The minimum absolute atomic E-state index is 0.160. The molecule has 0 saturated heterocycles. The third kappa shape index (κ3) is 2.22. The van der Waals surface area contributed by atoms with Gasteiger partial charge in [-0.1, -0.05) is 12.6 Å². The molecule has 0 atom stereocenters. The Morgan fingerprint density at radius 3 is 2.83 bits per heavy atom. The first-order valence-electron chi connectivity index (χ1n) is 6.98. The first-order chi connectivity index (χ1) is 11.8. The molecule has 2 N–H and O–H groups in total. The molecule has 0 bridgehead atoms. The van der Waals surface area contributed by atoms with Crippen molar-refractivity contribution < 1.29 is 4.63 Å². The van der Waals surface area contributed by atoms with Crippen molar-refractivity contribution in [2.45, 2.75) is 6.54 Å². The molecule has 116 valence electrons. The molecular weight excluding hydrogens is 308 g/mol. The van der Waals surface area contributed by atoms with E-state index in [1.54, 1.807) is 24.5 Å². The second-order valence-electron chi connectivity index (χ2n) is 5.00. The number of pyridine rings is 2. The van der Waals surface area contributed by atoms with Gasteiger partial charge in [-0.2, -0.15) is 0 Å². The van der Waals surface area contributed by atoms with Crippen LogP contribution in [0.15, 0.2) is 41.3 Å². The molecule has 0 aromatic carbocycles. The van der Waals surface area contributed by atoms with Crippen LogP contribution in [0.3, 0.4) is 0 Å². The Labute approximate surface area is 135 Å². The summed E-state index contributed by atoms with van der Waals surface area (Å²) in [5.74, 6) is 1.02. The minimum atomic E-state index is 0.160. The largest absolute Gasteiger partial charge is 0.379 e. The maximum absolute atomic E-state index is 6.97. The predicted molar refractivity (Wildman–Crippen MR) is 84.8 cm³/mol. The molecule has 4 aromatic rings. The summed E-state index contributed by atoms with van der Waals surface area (Å²) in [6, 6.07) is 7.16. The van der Waals surface area contributed by atoms with Crippen molar-refractivity contribution in [2.75, 3.05) is 5.73 Å². The molecule has 0 aliphatic rings. The van der Waals surface area contributed by atoms with Crippen LogP contribution >= 0.6 is 0 Å². The average molecular weight is 318 g/mol. The van der Waals surface area contributed by atoms with E-state index in [0.29, 0.717) is 35.0 Å². The maximum Gasteiger partial charge on any atom is 0.269 e. The van der Waals surface area contributed by atoms with Crippen LogP contribution in [0.25, 0.3) is 27.5 Å². The predicted octanol–water partition coefficient (Wildman–Crippen LogP) is 2.06. The van der Waals surface area contributed by atoms with Crippen molar-refractivity contribution in [1.82, 2.24) is 29.8 Å². The lowest BCUT2D eigenvalue weighted by atomic mass is 10.2. The van der Waals surface area contributed by atoms with Gasteiger partial charge in [-0.05, 0) is 28.5 Å². The normalized spacial score (nSPS) is 10.8. The van der Waals surface area contributed by atoms with E-state index in [4.69, 9.17) is 12.3 Å². The zero-order valence-electron chi connectivity index (χ0n) is 12.3. The van der Waals surface area contributed by atoms with Gasteiger partial charge < -0.3 is 15.1 Å². The summed E-state index contributed by atoms with van der Waals surface area (Å²) in [5.41, 5.74) is 8.45. The Morgan fingerprint density at radius 2 is 2.12 bits per heavy atom. The van der Waals surface area contributed by atoms with Crippen LogP contribution in [-0.2, 0) is 6.54 Å². The maximum atomic E-state index is 6.97. The van der Waals surface area contributed by atoms with Crippen LogP contribution in [0.1, 0.15) is 5.56 Å². The summed E-state index contributed by atoms with van der Waals surface area (Å²) >= 11 is 0. The highest BCUT2D eigenvalue weighted by Crippen LogP contribution is 2.26. The topological polar surface area (TPSA) is 113 Å². The zero-order chi connectivity index (χ0) is 16.5. The van der Waals surface area contributed by atoms with E-state index in [9.17, 15) is 0 Å². The molecule has 0 spiro atoms. The summed E-state index contributed by atoms with van der Waals surface area (Å²) in [6.07, 6.45) is 3.34. The number of nitrogen functional groups attached to an aromatic ring is 1. The number of rotatable bonds is 3. The molecule has 24 heavy (non-hydrogen) atoms. The Hall–Kier alpha value is -3.80. The molecule has 0 aliphatic heterocycles. The van der Waals surface area contributed by atoms with Gasteiger partial charge in [0.25, 0.3) is 5.82 Å². The number of anilines is 1. The summed E-state index contributed by atoms with van der Waals surface area (Å²) < 4.78 is 6.55. The molecule has 4 aromatic heterocycles. The van der Waals surface area contributed by atoms with Gasteiger partial charge in [-0.3, -0.25) is 0 Å². The van der Waals surface area contributed by atoms with E-state index in [1.165, 1.54) is 0 Å². The Bertz CT molecular complexity index is 1060. The molecule has 0 fully saturated rings. The fourth-order valence-corrected chi connectivity index (χ4v) is 2.40. The first-order valence-corrected chi connectivity index (χ1v) is 6.98. The van der Waals surface area contributed by atoms with Gasteiger partial charge in [-0.15, -0.1) is 4.98 Å². The number of nitrogens with two attached hydrogens (primary N) is 1. The molecule has 4 rings (SSSR count). The highest BCUT2D eigenvalue weighted by atomic mass is 16.6. The van der Waals surface area contributed by atoms with Gasteiger partial charge in [0.05, 0.1) is 6.54 Å². The van der Waals surface area contributed by atoms with E-state index in [2.05, 4.69) is 34.7 Å². The molecule has 0 amide bonds. The van der Waals surface area contributed by atoms with Gasteiger partial charge in [0.1, 0.15) is 11.7 Å². The minimum Gasteiger partial charge on any atom is -0.379 e. The van der Waals surface area contributed by atoms with Gasteiger partial charge in [0.15, 0.2) is 23.0 Å². The van der Waals surface area contributed by atoms with Crippen molar-refractivity contribution in [2.24, 2.45) is 0 Å². The van der Waals surface area contributed by atoms with E-state index < -0.39 is 0 Å². The average Bonchev–Trinajstić information content (AvgIpc) is 3.19. The Kier molecular flexibility index (Phi) is 3.13. The molecule has 9 heteroatoms. The van der Waals surface area contributed by atoms with Gasteiger partial charge in [0, 0.05) is 11.8 Å². The SMILES string of the molecule is [C-]#[N+]c1ccc(Cn2c(-c3nonc3N)nc3cccnc32)cn1. The summed E-state index contributed by atoms with van der Waals surface area (Å²) in [5, 5.41) is 7.44. The van der Waals surface area contributed by atoms with Gasteiger partial charge >= 0.3 is 0 Å². The van der Waals surface area contributed by atoms with Crippen LogP contribution in [-0.4, -0.2) is 29.8 Å². The summed E-state index contributed by atoms with van der Waals surface area (Å²) in [6.45, 7) is 7.41. The lowest BCUT2D eigenvalue weighted by Gasteiger charge is -2.06.